The van der Waals surface area contributed by atoms with Crippen molar-refractivity contribution in [3.05, 3.63) is 40.9 Å². The summed E-state index contributed by atoms with van der Waals surface area (Å²) < 4.78 is 8.48. The number of thioether (sulfide) groups is 1. The van der Waals surface area contributed by atoms with Crippen LogP contribution in [0.5, 0.6) is 5.75 Å². The zero-order valence-electron chi connectivity index (χ0n) is 15.1. The highest BCUT2D eigenvalue weighted by Crippen LogP contribution is 2.17. The number of hydrogen-bond acceptors (Lipinski definition) is 5. The van der Waals surface area contributed by atoms with Crippen molar-refractivity contribution < 1.29 is 4.74 Å². The standard InChI is InChI=1S/C17H25BrN6OS/c1-3-19-17(21-12-16-22-13-23-24(16)2)20-7-9-26-10-8-25-15-6-4-5-14(18)11-15/h4-6,11,13H,3,7-10,12H2,1-2H3,(H2,19,20,21). The molecule has 0 aliphatic rings. The average molecular weight is 441 g/mol. The van der Waals surface area contributed by atoms with Gasteiger partial charge in [-0.2, -0.15) is 16.9 Å². The van der Waals surface area contributed by atoms with E-state index in [1.165, 1.54) is 6.33 Å². The molecule has 2 aromatic rings. The Kier molecular flexibility index (Phi) is 9.33. The van der Waals surface area contributed by atoms with Gasteiger partial charge in [-0.25, -0.2) is 9.98 Å². The molecule has 0 saturated carbocycles. The second-order valence-electron chi connectivity index (χ2n) is 5.34. The van der Waals surface area contributed by atoms with Crippen molar-refractivity contribution in [2.24, 2.45) is 12.0 Å². The van der Waals surface area contributed by atoms with Crippen molar-refractivity contribution >= 4 is 33.7 Å². The van der Waals surface area contributed by atoms with E-state index in [0.29, 0.717) is 13.2 Å². The van der Waals surface area contributed by atoms with Crippen LogP contribution >= 0.6 is 27.7 Å². The summed E-state index contributed by atoms with van der Waals surface area (Å²) in [5, 5.41) is 10.6. The summed E-state index contributed by atoms with van der Waals surface area (Å²) in [7, 11) is 1.87. The Bertz CT molecular complexity index is 693. The molecule has 0 unspecified atom stereocenters. The largest absolute Gasteiger partial charge is 0.493 e. The van der Waals surface area contributed by atoms with Crippen LogP contribution in [0.3, 0.4) is 0 Å². The van der Waals surface area contributed by atoms with Crippen LogP contribution in [0.25, 0.3) is 0 Å². The minimum absolute atomic E-state index is 0.499. The number of halogens is 1. The number of nitrogens with zero attached hydrogens (tertiary/aromatic N) is 4. The summed E-state index contributed by atoms with van der Waals surface area (Å²) in [6.45, 7) is 4.90. The van der Waals surface area contributed by atoms with Crippen LogP contribution in [-0.4, -0.2) is 51.9 Å². The molecule has 2 N–H and O–H groups in total. The van der Waals surface area contributed by atoms with Crippen molar-refractivity contribution in [3.8, 4) is 5.75 Å². The average Bonchev–Trinajstić information content (AvgIpc) is 3.03. The first-order chi connectivity index (χ1) is 12.7. The first-order valence-corrected chi connectivity index (χ1v) is 10.4. The predicted octanol–water partition coefficient (Wildman–Crippen LogP) is 2.44. The van der Waals surface area contributed by atoms with Gasteiger partial charge in [-0.05, 0) is 25.1 Å². The summed E-state index contributed by atoms with van der Waals surface area (Å²) in [6.07, 6.45) is 1.54. The fraction of sp³-hybridized carbons (Fsp3) is 0.471. The number of aromatic nitrogens is 3. The lowest BCUT2D eigenvalue weighted by atomic mass is 10.3. The Morgan fingerprint density at radius 2 is 2.23 bits per heavy atom. The van der Waals surface area contributed by atoms with Crippen LogP contribution in [0.15, 0.2) is 40.1 Å². The normalized spacial score (nSPS) is 11.4. The number of aliphatic imine (C=N–C) groups is 1. The van der Waals surface area contributed by atoms with Gasteiger partial charge in [-0.3, -0.25) is 4.68 Å². The molecule has 142 valence electrons. The van der Waals surface area contributed by atoms with E-state index in [1.54, 1.807) is 4.68 Å². The third kappa shape index (κ3) is 7.65. The maximum absolute atomic E-state index is 5.72. The first kappa shape index (κ1) is 20.6. The molecule has 2 rings (SSSR count). The Morgan fingerprint density at radius 1 is 1.35 bits per heavy atom. The van der Waals surface area contributed by atoms with Crippen LogP contribution in [0, 0.1) is 0 Å². The number of ether oxygens (including phenoxy) is 1. The summed E-state index contributed by atoms with van der Waals surface area (Å²) >= 11 is 5.29. The molecule has 9 heteroatoms. The number of aryl methyl sites for hydroxylation is 1. The minimum Gasteiger partial charge on any atom is -0.493 e. The van der Waals surface area contributed by atoms with E-state index in [9.17, 15) is 0 Å². The van der Waals surface area contributed by atoms with E-state index in [-0.39, 0.29) is 0 Å². The highest BCUT2D eigenvalue weighted by Gasteiger charge is 2.01. The maximum Gasteiger partial charge on any atom is 0.191 e. The van der Waals surface area contributed by atoms with Crippen LogP contribution in [0.1, 0.15) is 12.7 Å². The molecule has 0 saturated heterocycles. The van der Waals surface area contributed by atoms with Gasteiger partial charge in [0.15, 0.2) is 5.96 Å². The molecule has 1 aromatic carbocycles. The van der Waals surface area contributed by atoms with E-state index in [1.807, 2.05) is 50.0 Å². The SMILES string of the molecule is CCNC(=NCc1ncnn1C)NCCSCCOc1cccc(Br)c1. The van der Waals surface area contributed by atoms with Crippen LogP contribution in [0.4, 0.5) is 0 Å². The lowest BCUT2D eigenvalue weighted by molar-refractivity contribution is 0.344. The molecule has 0 bridgehead atoms. The number of rotatable bonds is 10. The second kappa shape index (κ2) is 11.8. The molecule has 0 spiro atoms. The quantitative estimate of drug-likeness (QED) is 0.335. The lowest BCUT2D eigenvalue weighted by Gasteiger charge is -2.11. The number of guanidine groups is 1. The van der Waals surface area contributed by atoms with Gasteiger partial charge in [0.25, 0.3) is 0 Å². The highest BCUT2D eigenvalue weighted by molar-refractivity contribution is 9.10. The maximum atomic E-state index is 5.72. The van der Waals surface area contributed by atoms with E-state index < -0.39 is 0 Å². The van der Waals surface area contributed by atoms with Crippen molar-refractivity contribution in [1.82, 2.24) is 25.4 Å². The Morgan fingerprint density at radius 3 is 2.96 bits per heavy atom. The molecule has 0 amide bonds. The Labute approximate surface area is 167 Å². The molecular formula is C17H25BrN6OS. The second-order valence-corrected chi connectivity index (χ2v) is 7.48. The fourth-order valence-electron chi connectivity index (χ4n) is 2.07. The summed E-state index contributed by atoms with van der Waals surface area (Å²) in [5.41, 5.74) is 0. The van der Waals surface area contributed by atoms with E-state index in [4.69, 9.17) is 4.74 Å². The van der Waals surface area contributed by atoms with Crippen molar-refractivity contribution in [3.63, 3.8) is 0 Å². The van der Waals surface area contributed by atoms with Crippen molar-refractivity contribution in [1.29, 1.82) is 0 Å². The van der Waals surface area contributed by atoms with E-state index in [0.717, 1.165) is 46.6 Å². The fourth-order valence-corrected chi connectivity index (χ4v) is 3.10. The third-order valence-corrected chi connectivity index (χ3v) is 4.80. The van der Waals surface area contributed by atoms with Crippen LogP contribution in [0.2, 0.25) is 0 Å². The third-order valence-electron chi connectivity index (χ3n) is 3.36. The van der Waals surface area contributed by atoms with Gasteiger partial charge in [0.1, 0.15) is 24.4 Å². The van der Waals surface area contributed by atoms with E-state index in [2.05, 4.69) is 41.6 Å². The molecule has 0 atom stereocenters. The summed E-state index contributed by atoms with van der Waals surface area (Å²) in [6, 6.07) is 7.90. The van der Waals surface area contributed by atoms with Crippen molar-refractivity contribution in [2.75, 3.05) is 31.2 Å². The molecule has 0 radical (unpaired) electrons. The van der Waals surface area contributed by atoms with Gasteiger partial charge in [0.2, 0.25) is 0 Å². The molecular weight excluding hydrogens is 416 g/mol. The molecule has 0 aliphatic heterocycles. The topological polar surface area (TPSA) is 76.4 Å². The van der Waals surface area contributed by atoms with Crippen LogP contribution in [-0.2, 0) is 13.6 Å². The summed E-state index contributed by atoms with van der Waals surface area (Å²) in [4.78, 5) is 8.71. The molecule has 7 nitrogen and oxygen atoms in total. The van der Waals surface area contributed by atoms with E-state index >= 15 is 0 Å². The number of benzene rings is 1. The minimum atomic E-state index is 0.499. The zero-order valence-corrected chi connectivity index (χ0v) is 17.5. The smallest absolute Gasteiger partial charge is 0.191 e. The molecule has 1 heterocycles. The highest BCUT2D eigenvalue weighted by atomic mass is 79.9. The predicted molar refractivity (Wildman–Crippen MR) is 111 cm³/mol. The van der Waals surface area contributed by atoms with Gasteiger partial charge in [-0.15, -0.1) is 0 Å². The van der Waals surface area contributed by atoms with Gasteiger partial charge < -0.3 is 15.4 Å². The van der Waals surface area contributed by atoms with Crippen LogP contribution < -0.4 is 15.4 Å². The van der Waals surface area contributed by atoms with Gasteiger partial charge in [0, 0.05) is 36.1 Å². The van der Waals surface area contributed by atoms with Crippen molar-refractivity contribution in [2.45, 2.75) is 13.5 Å². The number of hydrogen-bond donors (Lipinski definition) is 2. The first-order valence-electron chi connectivity index (χ1n) is 8.50. The summed E-state index contributed by atoms with van der Waals surface area (Å²) in [5.74, 6) is 4.45. The number of nitrogens with one attached hydrogen (secondary N) is 2. The molecule has 0 fully saturated rings. The molecule has 26 heavy (non-hydrogen) atoms. The van der Waals surface area contributed by atoms with Gasteiger partial charge in [-0.1, -0.05) is 22.0 Å². The van der Waals surface area contributed by atoms with Gasteiger partial charge >= 0.3 is 0 Å². The Hall–Kier alpha value is -1.74. The monoisotopic (exact) mass is 440 g/mol. The Balaban J connectivity index is 1.61. The lowest BCUT2D eigenvalue weighted by Crippen LogP contribution is -2.38. The molecule has 0 aliphatic carbocycles. The molecule has 1 aromatic heterocycles. The van der Waals surface area contributed by atoms with Gasteiger partial charge in [0.05, 0.1) is 6.61 Å². The zero-order chi connectivity index (χ0) is 18.6.